The Morgan fingerprint density at radius 1 is 0.920 bits per heavy atom. The molecule has 0 saturated heterocycles. The van der Waals surface area contributed by atoms with Gasteiger partial charge in [0.15, 0.2) is 5.78 Å². The lowest BCUT2D eigenvalue weighted by Crippen LogP contribution is -2.14. The Bertz CT molecular complexity index is 899. The number of anilines is 2. The minimum absolute atomic E-state index is 0.00103. The standard InChI is InChI=1S/C18H18N2O4S/c1-12(21)13-4-10-17(11-5-13)25(23,24)20-16-8-6-15(7-9-16)19-18(22)14-2-3-14/h4-11,14,20H,2-3H2,1H3,(H,19,22). The largest absolute Gasteiger partial charge is 0.326 e. The maximum atomic E-state index is 12.4. The number of rotatable bonds is 6. The van der Waals surface area contributed by atoms with Crippen LogP contribution in [0.25, 0.3) is 0 Å². The molecule has 0 radical (unpaired) electrons. The predicted octanol–water partition coefficient (Wildman–Crippen LogP) is 3.04. The fraction of sp³-hybridized carbons (Fsp3) is 0.222. The summed E-state index contributed by atoms with van der Waals surface area (Å²) in [4.78, 5) is 23.0. The second-order valence-electron chi connectivity index (χ2n) is 6.03. The predicted molar refractivity (Wildman–Crippen MR) is 95.1 cm³/mol. The summed E-state index contributed by atoms with van der Waals surface area (Å²) in [6.45, 7) is 1.42. The fourth-order valence-corrected chi connectivity index (χ4v) is 3.35. The summed E-state index contributed by atoms with van der Waals surface area (Å²) in [5.74, 6) is -0.0178. The molecule has 0 aromatic heterocycles. The quantitative estimate of drug-likeness (QED) is 0.776. The van der Waals surface area contributed by atoms with Gasteiger partial charge in [-0.25, -0.2) is 8.42 Å². The van der Waals surface area contributed by atoms with E-state index in [2.05, 4.69) is 10.0 Å². The van der Waals surface area contributed by atoms with Crippen molar-refractivity contribution < 1.29 is 18.0 Å². The number of amides is 1. The summed E-state index contributed by atoms with van der Waals surface area (Å²) in [6, 6.07) is 12.2. The van der Waals surface area contributed by atoms with Gasteiger partial charge in [0.05, 0.1) is 4.90 Å². The first-order valence-electron chi connectivity index (χ1n) is 7.90. The van der Waals surface area contributed by atoms with Crippen LogP contribution in [0.5, 0.6) is 0 Å². The number of Topliss-reactive ketones (excluding diaryl/α,β-unsaturated/α-hetero) is 1. The molecule has 130 valence electrons. The topological polar surface area (TPSA) is 92.3 Å². The molecule has 1 aliphatic carbocycles. The number of nitrogens with one attached hydrogen (secondary N) is 2. The van der Waals surface area contributed by atoms with Gasteiger partial charge in [0.2, 0.25) is 5.91 Å². The van der Waals surface area contributed by atoms with E-state index in [9.17, 15) is 18.0 Å². The zero-order valence-corrected chi connectivity index (χ0v) is 14.5. The van der Waals surface area contributed by atoms with Crippen molar-refractivity contribution in [1.29, 1.82) is 0 Å². The van der Waals surface area contributed by atoms with Crippen molar-refractivity contribution in [2.45, 2.75) is 24.7 Å². The van der Waals surface area contributed by atoms with E-state index in [0.717, 1.165) is 12.8 Å². The normalized spacial score (nSPS) is 14.0. The molecule has 2 N–H and O–H groups in total. The minimum Gasteiger partial charge on any atom is -0.326 e. The Hall–Kier alpha value is -2.67. The molecule has 0 spiro atoms. The molecule has 1 saturated carbocycles. The lowest BCUT2D eigenvalue weighted by molar-refractivity contribution is -0.117. The van der Waals surface area contributed by atoms with E-state index < -0.39 is 10.0 Å². The van der Waals surface area contributed by atoms with Crippen LogP contribution in [0.15, 0.2) is 53.4 Å². The van der Waals surface area contributed by atoms with Crippen molar-refractivity contribution in [2.24, 2.45) is 5.92 Å². The maximum absolute atomic E-state index is 12.4. The number of carbonyl (C=O) groups excluding carboxylic acids is 2. The monoisotopic (exact) mass is 358 g/mol. The van der Waals surface area contributed by atoms with Gasteiger partial charge in [-0.3, -0.25) is 14.3 Å². The summed E-state index contributed by atoms with van der Waals surface area (Å²) < 4.78 is 27.2. The van der Waals surface area contributed by atoms with E-state index in [1.54, 1.807) is 24.3 Å². The fourth-order valence-electron chi connectivity index (χ4n) is 2.29. The number of ketones is 1. The minimum atomic E-state index is -3.74. The van der Waals surface area contributed by atoms with Gasteiger partial charge >= 0.3 is 0 Å². The van der Waals surface area contributed by atoms with E-state index in [0.29, 0.717) is 16.9 Å². The van der Waals surface area contributed by atoms with Crippen molar-refractivity contribution in [3.8, 4) is 0 Å². The van der Waals surface area contributed by atoms with Crippen molar-refractivity contribution in [1.82, 2.24) is 0 Å². The number of hydrogen-bond donors (Lipinski definition) is 2. The first-order chi connectivity index (χ1) is 11.8. The van der Waals surface area contributed by atoms with Crippen molar-refractivity contribution in [2.75, 3.05) is 10.0 Å². The zero-order chi connectivity index (χ0) is 18.0. The summed E-state index contributed by atoms with van der Waals surface area (Å²) in [5.41, 5.74) is 1.47. The highest BCUT2D eigenvalue weighted by atomic mass is 32.2. The van der Waals surface area contributed by atoms with Crippen molar-refractivity contribution >= 4 is 33.1 Å². The van der Waals surface area contributed by atoms with Gasteiger partial charge in [-0.1, -0.05) is 12.1 Å². The van der Waals surface area contributed by atoms with E-state index >= 15 is 0 Å². The smallest absolute Gasteiger partial charge is 0.261 e. The van der Waals surface area contributed by atoms with Crippen molar-refractivity contribution in [3.63, 3.8) is 0 Å². The van der Waals surface area contributed by atoms with E-state index in [1.807, 2.05) is 0 Å². The molecule has 25 heavy (non-hydrogen) atoms. The molecule has 1 aliphatic rings. The second kappa shape index (κ2) is 6.68. The third-order valence-corrected chi connectivity index (χ3v) is 5.32. The summed E-state index contributed by atoms with van der Waals surface area (Å²) >= 11 is 0. The molecule has 0 aliphatic heterocycles. The van der Waals surface area contributed by atoms with Crippen LogP contribution in [0, 0.1) is 5.92 Å². The molecule has 1 amide bonds. The lowest BCUT2D eigenvalue weighted by atomic mass is 10.2. The molecular formula is C18H18N2O4S. The van der Waals surface area contributed by atoms with Crippen LogP contribution in [-0.4, -0.2) is 20.1 Å². The second-order valence-corrected chi connectivity index (χ2v) is 7.71. The molecule has 7 heteroatoms. The highest BCUT2D eigenvalue weighted by Gasteiger charge is 2.29. The molecule has 3 rings (SSSR count). The Balaban J connectivity index is 1.69. The van der Waals surface area contributed by atoms with E-state index in [1.165, 1.54) is 31.2 Å². The number of benzene rings is 2. The molecule has 1 fully saturated rings. The average molecular weight is 358 g/mol. The number of hydrogen-bond acceptors (Lipinski definition) is 4. The number of sulfonamides is 1. The molecule has 0 heterocycles. The zero-order valence-electron chi connectivity index (χ0n) is 13.7. The van der Waals surface area contributed by atoms with Gasteiger partial charge in [0, 0.05) is 22.9 Å². The van der Waals surface area contributed by atoms with E-state index in [-0.39, 0.29) is 22.5 Å². The Labute approximate surface area is 146 Å². The van der Waals surface area contributed by atoms with Crippen LogP contribution >= 0.6 is 0 Å². The summed E-state index contributed by atoms with van der Waals surface area (Å²) in [5, 5.41) is 2.79. The molecule has 2 aromatic rings. The van der Waals surface area contributed by atoms with E-state index in [4.69, 9.17) is 0 Å². The Morgan fingerprint density at radius 3 is 2.00 bits per heavy atom. The van der Waals surface area contributed by atoms with Gasteiger partial charge in [-0.2, -0.15) is 0 Å². The molecule has 0 unspecified atom stereocenters. The van der Waals surface area contributed by atoms with Gasteiger partial charge in [-0.05, 0) is 56.2 Å². The van der Waals surface area contributed by atoms with Crippen LogP contribution < -0.4 is 10.0 Å². The van der Waals surface area contributed by atoms with Crippen LogP contribution in [0.2, 0.25) is 0 Å². The van der Waals surface area contributed by atoms with Gasteiger partial charge in [-0.15, -0.1) is 0 Å². The SMILES string of the molecule is CC(=O)c1ccc(S(=O)(=O)Nc2ccc(NC(=O)C3CC3)cc2)cc1. The molecule has 6 nitrogen and oxygen atoms in total. The third kappa shape index (κ3) is 4.24. The summed E-state index contributed by atoms with van der Waals surface area (Å²) in [6.07, 6.45) is 1.85. The first kappa shape index (κ1) is 17.2. The lowest BCUT2D eigenvalue weighted by Gasteiger charge is -2.10. The van der Waals surface area contributed by atoms with Crippen LogP contribution in [-0.2, 0) is 14.8 Å². The molecule has 2 aromatic carbocycles. The van der Waals surface area contributed by atoms with Gasteiger partial charge < -0.3 is 5.32 Å². The molecular weight excluding hydrogens is 340 g/mol. The first-order valence-corrected chi connectivity index (χ1v) is 9.38. The van der Waals surface area contributed by atoms with Crippen LogP contribution in [0.3, 0.4) is 0 Å². The van der Waals surface area contributed by atoms with Gasteiger partial charge in [0.25, 0.3) is 10.0 Å². The maximum Gasteiger partial charge on any atom is 0.261 e. The Morgan fingerprint density at radius 2 is 1.48 bits per heavy atom. The van der Waals surface area contributed by atoms with Crippen molar-refractivity contribution in [3.05, 3.63) is 54.1 Å². The van der Waals surface area contributed by atoms with Gasteiger partial charge in [0.1, 0.15) is 0 Å². The molecule has 0 bridgehead atoms. The van der Waals surface area contributed by atoms with Crippen LogP contribution in [0.4, 0.5) is 11.4 Å². The average Bonchev–Trinajstić information content (AvgIpc) is 3.41. The number of carbonyl (C=O) groups is 2. The highest BCUT2D eigenvalue weighted by Crippen LogP contribution is 2.30. The van der Waals surface area contributed by atoms with Crippen LogP contribution in [0.1, 0.15) is 30.1 Å². The third-order valence-electron chi connectivity index (χ3n) is 3.92. The summed E-state index contributed by atoms with van der Waals surface area (Å²) in [7, 11) is -3.74. The molecule has 0 atom stereocenters. The Kier molecular flexibility index (Phi) is 4.59. The highest BCUT2D eigenvalue weighted by molar-refractivity contribution is 7.92.